The highest BCUT2D eigenvalue weighted by Crippen LogP contribution is 2.19. The Kier molecular flexibility index (Phi) is 5.51. The fraction of sp³-hybridized carbons (Fsp3) is 0.529. The molecule has 2 unspecified atom stereocenters. The number of unbranched alkanes of at least 4 members (excludes halogenated alkanes) is 1. The third kappa shape index (κ3) is 4.14. The van der Waals surface area contributed by atoms with Crippen LogP contribution in [0.5, 0.6) is 0 Å². The summed E-state index contributed by atoms with van der Waals surface area (Å²) in [4.78, 5) is 0. The third-order valence-electron chi connectivity index (χ3n) is 3.93. The number of aryl methyl sites for hydroxylation is 2. The second-order valence-corrected chi connectivity index (χ2v) is 5.76. The van der Waals surface area contributed by atoms with Crippen molar-refractivity contribution in [3.63, 3.8) is 0 Å². The largest absolute Gasteiger partial charge is 0.319 e. The molecular formula is C17H26N4. The average molecular weight is 286 g/mol. The Morgan fingerprint density at radius 2 is 1.86 bits per heavy atom. The number of aromatic nitrogens is 3. The van der Waals surface area contributed by atoms with E-state index >= 15 is 0 Å². The SMILES string of the molecule is CCCCc1ccc(C(C)NC(C)c2nncn2C)cc1. The first-order chi connectivity index (χ1) is 10.1. The summed E-state index contributed by atoms with van der Waals surface area (Å²) in [6.07, 6.45) is 5.42. The van der Waals surface area contributed by atoms with Gasteiger partial charge in [-0.3, -0.25) is 0 Å². The van der Waals surface area contributed by atoms with Gasteiger partial charge in [0.05, 0.1) is 6.04 Å². The topological polar surface area (TPSA) is 42.7 Å². The summed E-state index contributed by atoms with van der Waals surface area (Å²) in [7, 11) is 1.97. The summed E-state index contributed by atoms with van der Waals surface area (Å²) in [6, 6.07) is 9.41. The molecule has 1 aromatic carbocycles. The van der Waals surface area contributed by atoms with Crippen LogP contribution >= 0.6 is 0 Å². The predicted molar refractivity (Wildman–Crippen MR) is 86.0 cm³/mol. The van der Waals surface area contributed by atoms with Crippen molar-refractivity contribution in [3.05, 3.63) is 47.5 Å². The van der Waals surface area contributed by atoms with E-state index in [4.69, 9.17) is 0 Å². The number of hydrogen-bond acceptors (Lipinski definition) is 3. The minimum Gasteiger partial charge on any atom is -0.319 e. The summed E-state index contributed by atoms with van der Waals surface area (Å²) in [6.45, 7) is 6.54. The fourth-order valence-electron chi connectivity index (χ4n) is 2.58. The Morgan fingerprint density at radius 1 is 1.14 bits per heavy atom. The van der Waals surface area contributed by atoms with Gasteiger partial charge in [0.2, 0.25) is 0 Å². The molecule has 1 heterocycles. The van der Waals surface area contributed by atoms with Crippen LogP contribution in [-0.2, 0) is 13.5 Å². The fourth-order valence-corrected chi connectivity index (χ4v) is 2.58. The van der Waals surface area contributed by atoms with Gasteiger partial charge in [-0.1, -0.05) is 37.6 Å². The molecule has 2 rings (SSSR count). The van der Waals surface area contributed by atoms with Crippen LogP contribution in [0.15, 0.2) is 30.6 Å². The van der Waals surface area contributed by atoms with E-state index in [0.29, 0.717) is 0 Å². The minimum absolute atomic E-state index is 0.173. The molecule has 0 saturated carbocycles. The Bertz CT molecular complexity index is 544. The second-order valence-electron chi connectivity index (χ2n) is 5.76. The number of hydrogen-bond donors (Lipinski definition) is 1. The lowest BCUT2D eigenvalue weighted by Gasteiger charge is -2.20. The van der Waals surface area contributed by atoms with Crippen LogP contribution in [0.3, 0.4) is 0 Å². The highest BCUT2D eigenvalue weighted by atomic mass is 15.3. The van der Waals surface area contributed by atoms with Crippen molar-refractivity contribution in [1.82, 2.24) is 20.1 Å². The summed E-state index contributed by atoms with van der Waals surface area (Å²) in [5.41, 5.74) is 2.73. The smallest absolute Gasteiger partial charge is 0.149 e. The third-order valence-corrected chi connectivity index (χ3v) is 3.93. The molecule has 0 amide bonds. The van der Waals surface area contributed by atoms with Crippen molar-refractivity contribution >= 4 is 0 Å². The van der Waals surface area contributed by atoms with Crippen molar-refractivity contribution in [2.45, 2.75) is 52.1 Å². The molecule has 4 nitrogen and oxygen atoms in total. The van der Waals surface area contributed by atoms with E-state index in [1.807, 2.05) is 11.6 Å². The standard InChI is InChI=1S/C17H26N4/c1-5-6-7-15-8-10-16(11-9-15)13(2)19-14(3)17-20-18-12-21(17)4/h8-14,19H,5-7H2,1-4H3. The van der Waals surface area contributed by atoms with E-state index in [-0.39, 0.29) is 12.1 Å². The van der Waals surface area contributed by atoms with E-state index in [2.05, 4.69) is 60.6 Å². The molecule has 0 aliphatic carbocycles. The van der Waals surface area contributed by atoms with Crippen LogP contribution in [0.4, 0.5) is 0 Å². The maximum absolute atomic E-state index is 4.16. The van der Waals surface area contributed by atoms with Crippen molar-refractivity contribution < 1.29 is 0 Å². The molecule has 0 saturated heterocycles. The van der Waals surface area contributed by atoms with Gasteiger partial charge < -0.3 is 9.88 Å². The molecule has 1 aromatic heterocycles. The van der Waals surface area contributed by atoms with E-state index in [9.17, 15) is 0 Å². The number of benzene rings is 1. The van der Waals surface area contributed by atoms with Crippen LogP contribution in [0.2, 0.25) is 0 Å². The van der Waals surface area contributed by atoms with E-state index in [1.165, 1.54) is 30.4 Å². The molecule has 1 N–H and O–H groups in total. The van der Waals surface area contributed by atoms with Gasteiger partial charge in [0, 0.05) is 13.1 Å². The van der Waals surface area contributed by atoms with E-state index in [0.717, 1.165) is 5.82 Å². The van der Waals surface area contributed by atoms with Gasteiger partial charge in [0.25, 0.3) is 0 Å². The van der Waals surface area contributed by atoms with Gasteiger partial charge in [-0.05, 0) is 37.8 Å². The summed E-state index contributed by atoms with van der Waals surface area (Å²) < 4.78 is 1.96. The van der Waals surface area contributed by atoms with Crippen molar-refractivity contribution in [1.29, 1.82) is 0 Å². The molecule has 21 heavy (non-hydrogen) atoms. The first-order valence-corrected chi connectivity index (χ1v) is 7.80. The number of nitrogens with zero attached hydrogens (tertiary/aromatic N) is 3. The highest BCUT2D eigenvalue weighted by Gasteiger charge is 2.14. The van der Waals surface area contributed by atoms with Crippen LogP contribution in [0, 0.1) is 0 Å². The Balaban J connectivity index is 1.96. The predicted octanol–water partition coefficient (Wildman–Crippen LogP) is 3.57. The van der Waals surface area contributed by atoms with Crippen LogP contribution < -0.4 is 5.32 Å². The molecular weight excluding hydrogens is 260 g/mol. The molecule has 4 heteroatoms. The Morgan fingerprint density at radius 3 is 2.43 bits per heavy atom. The average Bonchev–Trinajstić information content (AvgIpc) is 2.91. The molecule has 0 aliphatic rings. The molecule has 0 spiro atoms. The van der Waals surface area contributed by atoms with Crippen molar-refractivity contribution in [2.24, 2.45) is 7.05 Å². The molecule has 0 bridgehead atoms. The molecule has 0 fully saturated rings. The maximum Gasteiger partial charge on any atom is 0.149 e. The molecule has 0 aliphatic heterocycles. The highest BCUT2D eigenvalue weighted by molar-refractivity contribution is 5.25. The van der Waals surface area contributed by atoms with Gasteiger partial charge in [-0.2, -0.15) is 0 Å². The summed E-state index contributed by atoms with van der Waals surface area (Å²) >= 11 is 0. The number of rotatable bonds is 7. The lowest BCUT2D eigenvalue weighted by molar-refractivity contribution is 0.466. The van der Waals surface area contributed by atoms with Gasteiger partial charge in [0.15, 0.2) is 0 Å². The zero-order valence-corrected chi connectivity index (χ0v) is 13.5. The van der Waals surface area contributed by atoms with E-state index < -0.39 is 0 Å². The van der Waals surface area contributed by atoms with Crippen LogP contribution in [0.25, 0.3) is 0 Å². The monoisotopic (exact) mass is 286 g/mol. The lowest BCUT2D eigenvalue weighted by Crippen LogP contribution is -2.24. The molecule has 114 valence electrons. The zero-order chi connectivity index (χ0) is 15.2. The Labute approximate surface area is 127 Å². The summed E-state index contributed by atoms with van der Waals surface area (Å²) in [5, 5.41) is 11.7. The molecule has 2 aromatic rings. The summed E-state index contributed by atoms with van der Waals surface area (Å²) in [5.74, 6) is 0.960. The first kappa shape index (κ1) is 15.7. The van der Waals surface area contributed by atoms with Gasteiger partial charge in [-0.25, -0.2) is 0 Å². The van der Waals surface area contributed by atoms with E-state index in [1.54, 1.807) is 6.33 Å². The van der Waals surface area contributed by atoms with Crippen LogP contribution in [0.1, 0.15) is 62.6 Å². The quantitative estimate of drug-likeness (QED) is 0.846. The normalized spacial score (nSPS) is 14.1. The molecule has 0 radical (unpaired) electrons. The number of nitrogens with one attached hydrogen (secondary N) is 1. The first-order valence-electron chi connectivity index (χ1n) is 7.80. The maximum atomic E-state index is 4.16. The minimum atomic E-state index is 0.173. The Hall–Kier alpha value is -1.68. The second kappa shape index (κ2) is 7.36. The zero-order valence-electron chi connectivity index (χ0n) is 13.5. The van der Waals surface area contributed by atoms with Gasteiger partial charge in [-0.15, -0.1) is 10.2 Å². The lowest BCUT2D eigenvalue weighted by atomic mass is 10.0. The molecule has 2 atom stereocenters. The van der Waals surface area contributed by atoms with Crippen LogP contribution in [-0.4, -0.2) is 14.8 Å². The van der Waals surface area contributed by atoms with Crippen molar-refractivity contribution in [2.75, 3.05) is 0 Å². The van der Waals surface area contributed by atoms with Gasteiger partial charge in [0.1, 0.15) is 12.2 Å². The van der Waals surface area contributed by atoms with Crippen molar-refractivity contribution in [3.8, 4) is 0 Å². The van der Waals surface area contributed by atoms with Gasteiger partial charge >= 0.3 is 0 Å².